The molecule has 0 spiro atoms. The van der Waals surface area contributed by atoms with Gasteiger partial charge < -0.3 is 35.3 Å². The Bertz CT molecular complexity index is 1910. The number of unbranched alkanes of at least 4 members (excludes halogenated alkanes) is 2. The van der Waals surface area contributed by atoms with Gasteiger partial charge in [0, 0.05) is 42.9 Å². The van der Waals surface area contributed by atoms with Crippen molar-refractivity contribution in [1.29, 1.82) is 0 Å². The van der Waals surface area contributed by atoms with Crippen molar-refractivity contribution >= 4 is 22.8 Å². The van der Waals surface area contributed by atoms with Gasteiger partial charge in [0.2, 0.25) is 5.56 Å². The summed E-state index contributed by atoms with van der Waals surface area (Å²) in [5.41, 5.74) is 1.99. The molecule has 4 aromatic rings. The molecule has 4 heterocycles. The molecule has 3 saturated heterocycles. The Kier molecular flexibility index (Phi) is 10.4. The molecule has 5 N–H and O–H groups in total. The van der Waals surface area contributed by atoms with Crippen molar-refractivity contribution in [3.05, 3.63) is 105 Å². The molecular weight excluding hydrogens is 648 g/mol. The lowest BCUT2D eigenvalue weighted by Gasteiger charge is -2.44. The topological polar surface area (TPSA) is 153 Å². The SMILES string of the molecule is O=C(NC1(C(=O)O[C@H]2CN3CCC2CC3)Cc2ccccc2C1)c1cccc(OCCCCCNCC(O)c2ccc(O)c3[nH]c(=O)ccc23)c1. The van der Waals surface area contributed by atoms with Gasteiger partial charge in [0.15, 0.2) is 0 Å². The van der Waals surface area contributed by atoms with Crippen molar-refractivity contribution in [2.45, 2.75) is 62.7 Å². The van der Waals surface area contributed by atoms with Crippen molar-refractivity contribution in [3.8, 4) is 11.5 Å². The number of aliphatic hydroxyl groups excluding tert-OH is 1. The molecule has 3 aromatic carbocycles. The van der Waals surface area contributed by atoms with Gasteiger partial charge in [-0.2, -0.15) is 0 Å². The van der Waals surface area contributed by atoms with E-state index >= 15 is 0 Å². The number of H-pyrrole nitrogens is 1. The maximum absolute atomic E-state index is 13.9. The summed E-state index contributed by atoms with van der Waals surface area (Å²) in [6, 6.07) is 21.1. The first-order valence-corrected chi connectivity index (χ1v) is 18.1. The number of phenolic OH excluding ortho intramolecular Hbond substituents is 1. The summed E-state index contributed by atoms with van der Waals surface area (Å²) in [5.74, 6) is 0.241. The third kappa shape index (κ3) is 7.80. The summed E-state index contributed by atoms with van der Waals surface area (Å²) in [6.45, 7) is 4.38. The fraction of sp³-hybridized carbons (Fsp3) is 0.425. The number of esters is 1. The number of ether oxygens (including phenoxy) is 2. The lowest BCUT2D eigenvalue weighted by atomic mass is 9.85. The largest absolute Gasteiger partial charge is 0.506 e. The van der Waals surface area contributed by atoms with Crippen LogP contribution < -0.4 is 20.9 Å². The number of nitrogens with one attached hydrogen (secondary N) is 3. The van der Waals surface area contributed by atoms with Gasteiger partial charge in [-0.3, -0.25) is 14.5 Å². The van der Waals surface area contributed by atoms with E-state index in [-0.39, 0.29) is 29.3 Å². The van der Waals surface area contributed by atoms with Gasteiger partial charge in [0.1, 0.15) is 23.1 Å². The smallest absolute Gasteiger partial charge is 0.332 e. The molecule has 11 heteroatoms. The van der Waals surface area contributed by atoms with E-state index in [0.29, 0.717) is 66.2 Å². The third-order valence-corrected chi connectivity index (χ3v) is 10.7. The van der Waals surface area contributed by atoms with E-state index < -0.39 is 11.6 Å². The first-order chi connectivity index (χ1) is 24.8. The normalized spacial score (nSPS) is 20.8. The summed E-state index contributed by atoms with van der Waals surface area (Å²) < 4.78 is 12.2. The molecular formula is C40H46N4O7. The minimum absolute atomic E-state index is 0.0377. The number of aliphatic hydroxyl groups is 1. The Morgan fingerprint density at radius 2 is 1.75 bits per heavy atom. The second kappa shape index (κ2) is 15.3. The van der Waals surface area contributed by atoms with Crippen molar-refractivity contribution in [3.63, 3.8) is 0 Å². The standard InChI is InChI=1S/C40H46N4O7/c45-33-13-11-31(32-12-14-36(47)42-37(32)33)34(46)24-41-17-4-1-5-20-50-30-10-6-9-27(21-30)38(48)43-40(22-28-7-2-3-8-29(28)23-40)39(49)51-35-25-44-18-15-26(35)16-19-44/h2-3,6-14,21,26,34-35,41,45-46H,1,4-5,15-20,22-25H2,(H,42,47)(H,43,48)/t34?,35-/m0/s1. The molecule has 8 rings (SSSR count). The first kappa shape index (κ1) is 34.7. The van der Waals surface area contributed by atoms with E-state index in [9.17, 15) is 24.6 Å². The second-order valence-corrected chi connectivity index (χ2v) is 14.2. The molecule has 1 aromatic heterocycles. The molecule has 11 nitrogen and oxygen atoms in total. The highest BCUT2D eigenvalue weighted by Crippen LogP contribution is 2.35. The number of fused-ring (bicyclic) bond motifs is 5. The van der Waals surface area contributed by atoms with Crippen LogP contribution in [0.1, 0.15) is 65.3 Å². The highest BCUT2D eigenvalue weighted by Gasteiger charge is 2.49. The monoisotopic (exact) mass is 694 g/mol. The predicted molar refractivity (Wildman–Crippen MR) is 193 cm³/mol. The van der Waals surface area contributed by atoms with Gasteiger partial charge in [-0.25, -0.2) is 4.79 Å². The molecule has 4 aliphatic rings. The number of pyridine rings is 1. The van der Waals surface area contributed by atoms with E-state index in [4.69, 9.17) is 9.47 Å². The van der Waals surface area contributed by atoms with Crippen LogP contribution in [0.25, 0.3) is 10.9 Å². The van der Waals surface area contributed by atoms with Crippen molar-refractivity contribution in [2.24, 2.45) is 5.92 Å². The van der Waals surface area contributed by atoms with Crippen LogP contribution in [0.3, 0.4) is 0 Å². The number of hydrogen-bond acceptors (Lipinski definition) is 9. The molecule has 1 aliphatic carbocycles. The number of piperidine rings is 3. The summed E-state index contributed by atoms with van der Waals surface area (Å²) in [5, 5.41) is 27.8. The molecule has 51 heavy (non-hydrogen) atoms. The van der Waals surface area contributed by atoms with E-state index in [1.54, 1.807) is 30.3 Å². The summed E-state index contributed by atoms with van der Waals surface area (Å²) in [7, 11) is 0. The van der Waals surface area contributed by atoms with Crippen LogP contribution in [0.4, 0.5) is 0 Å². The number of amides is 1. The van der Waals surface area contributed by atoms with Crippen molar-refractivity contribution in [1.82, 2.24) is 20.5 Å². The molecule has 1 amide bonds. The number of aromatic nitrogens is 1. The fourth-order valence-electron chi connectivity index (χ4n) is 7.83. The minimum Gasteiger partial charge on any atom is -0.506 e. The summed E-state index contributed by atoms with van der Waals surface area (Å²) in [4.78, 5) is 44.3. The van der Waals surface area contributed by atoms with Crippen LogP contribution >= 0.6 is 0 Å². The predicted octanol–water partition coefficient (Wildman–Crippen LogP) is 4.01. The Morgan fingerprint density at radius 3 is 2.49 bits per heavy atom. The summed E-state index contributed by atoms with van der Waals surface area (Å²) >= 11 is 0. The first-order valence-electron chi connectivity index (χ1n) is 18.1. The van der Waals surface area contributed by atoms with Gasteiger partial charge in [-0.1, -0.05) is 36.4 Å². The molecule has 1 unspecified atom stereocenters. The maximum Gasteiger partial charge on any atom is 0.332 e. The van der Waals surface area contributed by atoms with Gasteiger partial charge >= 0.3 is 5.97 Å². The van der Waals surface area contributed by atoms with Crippen LogP contribution in [0, 0.1) is 5.92 Å². The van der Waals surface area contributed by atoms with Gasteiger partial charge in [-0.05, 0) is 105 Å². The number of carbonyl (C=O) groups is 2. The second-order valence-electron chi connectivity index (χ2n) is 14.2. The Labute approximate surface area is 297 Å². The fourth-order valence-corrected chi connectivity index (χ4v) is 7.83. The third-order valence-electron chi connectivity index (χ3n) is 10.7. The molecule has 268 valence electrons. The highest BCUT2D eigenvalue weighted by molar-refractivity contribution is 5.99. The van der Waals surface area contributed by atoms with E-state index in [0.717, 1.165) is 62.9 Å². The molecule has 0 radical (unpaired) electrons. The van der Waals surface area contributed by atoms with Crippen molar-refractivity contribution < 1.29 is 29.3 Å². The number of aromatic amines is 1. The molecule has 0 saturated carbocycles. The average molecular weight is 695 g/mol. The number of hydrogen-bond donors (Lipinski definition) is 5. The lowest BCUT2D eigenvalue weighted by Crippen LogP contribution is -2.59. The van der Waals surface area contributed by atoms with Crippen LogP contribution in [0.5, 0.6) is 11.5 Å². The number of benzene rings is 3. The van der Waals surface area contributed by atoms with Crippen LogP contribution in [-0.4, -0.2) is 82.9 Å². The zero-order chi connectivity index (χ0) is 35.4. The lowest BCUT2D eigenvalue weighted by molar-refractivity contribution is -0.166. The number of phenols is 1. The number of aromatic hydroxyl groups is 1. The van der Waals surface area contributed by atoms with Crippen molar-refractivity contribution in [2.75, 3.05) is 39.3 Å². The van der Waals surface area contributed by atoms with Crippen LogP contribution in [-0.2, 0) is 22.4 Å². The quantitative estimate of drug-likeness (QED) is 0.0974. The minimum atomic E-state index is -1.16. The number of rotatable bonds is 14. The number of nitrogens with zero attached hydrogens (tertiary/aromatic N) is 1. The Morgan fingerprint density at radius 1 is 0.961 bits per heavy atom. The van der Waals surface area contributed by atoms with Crippen LogP contribution in [0.15, 0.2) is 77.6 Å². The Balaban J connectivity index is 0.879. The maximum atomic E-state index is 13.9. The summed E-state index contributed by atoms with van der Waals surface area (Å²) in [6.07, 6.45) is 4.51. The van der Waals surface area contributed by atoms with Gasteiger partial charge in [-0.15, -0.1) is 0 Å². The van der Waals surface area contributed by atoms with Crippen LogP contribution in [0.2, 0.25) is 0 Å². The van der Waals surface area contributed by atoms with E-state index in [1.165, 1.54) is 12.1 Å². The average Bonchev–Trinajstić information content (AvgIpc) is 3.53. The van der Waals surface area contributed by atoms with Gasteiger partial charge in [0.25, 0.3) is 5.91 Å². The molecule has 2 bridgehead atoms. The molecule has 3 fully saturated rings. The molecule has 3 aliphatic heterocycles. The highest BCUT2D eigenvalue weighted by atomic mass is 16.5. The zero-order valence-corrected chi connectivity index (χ0v) is 28.7. The zero-order valence-electron chi connectivity index (χ0n) is 28.7. The Hall–Kier alpha value is -4.71. The molecule has 2 atom stereocenters. The van der Waals surface area contributed by atoms with Gasteiger partial charge in [0.05, 0.1) is 18.2 Å². The number of carbonyl (C=O) groups excluding carboxylic acids is 2. The van der Waals surface area contributed by atoms with E-state index in [1.807, 2.05) is 30.3 Å². The van der Waals surface area contributed by atoms with E-state index in [2.05, 4.69) is 20.5 Å².